The topological polar surface area (TPSA) is 237 Å². The second-order valence-corrected chi connectivity index (χ2v) is 28.6. The highest BCUT2D eigenvalue weighted by molar-refractivity contribution is 7.47. The normalized spacial score (nSPS) is 14.6. The third kappa shape index (κ3) is 63.0. The number of esters is 4. The lowest BCUT2D eigenvalue weighted by Crippen LogP contribution is -2.30. The fourth-order valence-corrected chi connectivity index (χ4v) is 11.8. The summed E-state index contributed by atoms with van der Waals surface area (Å²) in [5, 5.41) is 10.6. The van der Waals surface area contributed by atoms with Crippen LogP contribution in [0.5, 0.6) is 0 Å². The Morgan fingerprint density at radius 1 is 0.367 bits per heavy atom. The highest BCUT2D eigenvalue weighted by Crippen LogP contribution is 2.45. The van der Waals surface area contributed by atoms with E-state index in [1.807, 2.05) is 0 Å². The minimum atomic E-state index is -4.96. The quantitative estimate of drug-likeness (QED) is 0.0169. The standard InChI is InChI=1S/C71H134O17P2/c1-7-10-12-14-16-18-20-21-22-23-25-31-37-44-50-56-71(76)87-66(59-81-68(73)53-47-41-35-29-27-26-28-34-40-46-52-64(6)9-3)61-85-89(77,78)83-57-65(72)58-84-90(79,80)86-62-67(60-82-69(74)54-48-42-38-32-33-39-45-51-63(4)5)88-70(75)55-49-43-36-30-24-19-17-15-13-11-8-2/h18,20-22,63-67,72H,7-17,19,23-62H2,1-6H3,(H,77,78)(H,79,80)/b20-18-,22-21-/t64?,65-,66-,67-/m1/s1. The maximum atomic E-state index is 13.0. The molecule has 3 N–H and O–H groups in total. The van der Waals surface area contributed by atoms with Crippen molar-refractivity contribution < 1.29 is 80.2 Å². The van der Waals surface area contributed by atoms with E-state index < -0.39 is 97.5 Å². The summed E-state index contributed by atoms with van der Waals surface area (Å²) < 4.78 is 68.2. The molecule has 0 spiro atoms. The summed E-state index contributed by atoms with van der Waals surface area (Å²) in [6, 6.07) is 0. The fourth-order valence-electron chi connectivity index (χ4n) is 10.2. The van der Waals surface area contributed by atoms with Crippen LogP contribution in [0.2, 0.25) is 0 Å². The summed E-state index contributed by atoms with van der Waals surface area (Å²) in [6.07, 6.45) is 50.7. The largest absolute Gasteiger partial charge is 0.472 e. The number of carbonyl (C=O) groups is 4. The predicted molar refractivity (Wildman–Crippen MR) is 363 cm³/mol. The zero-order chi connectivity index (χ0) is 66.5. The lowest BCUT2D eigenvalue weighted by atomic mass is 9.99. The summed E-state index contributed by atoms with van der Waals surface area (Å²) in [5.74, 6) is -0.643. The van der Waals surface area contributed by atoms with Gasteiger partial charge in [-0.15, -0.1) is 0 Å². The number of aliphatic hydroxyl groups excluding tert-OH is 1. The van der Waals surface area contributed by atoms with Gasteiger partial charge < -0.3 is 33.8 Å². The number of hydrogen-bond acceptors (Lipinski definition) is 15. The van der Waals surface area contributed by atoms with Crippen LogP contribution in [0.15, 0.2) is 24.3 Å². The summed E-state index contributed by atoms with van der Waals surface area (Å²) >= 11 is 0. The number of allylic oxidation sites excluding steroid dienone is 4. The molecule has 0 amide bonds. The predicted octanol–water partition coefficient (Wildman–Crippen LogP) is 19.9. The van der Waals surface area contributed by atoms with E-state index in [1.54, 1.807) is 0 Å². The molecule has 0 aliphatic carbocycles. The number of ether oxygens (including phenoxy) is 4. The van der Waals surface area contributed by atoms with Crippen LogP contribution in [0.25, 0.3) is 0 Å². The number of unbranched alkanes of at least 4 members (excludes halogenated alkanes) is 34. The Kier molecular flexibility index (Phi) is 60.9. The van der Waals surface area contributed by atoms with Crippen molar-refractivity contribution in [3.05, 3.63) is 24.3 Å². The van der Waals surface area contributed by atoms with Gasteiger partial charge in [-0.25, -0.2) is 9.13 Å². The van der Waals surface area contributed by atoms with E-state index in [9.17, 15) is 43.2 Å². The lowest BCUT2D eigenvalue weighted by Gasteiger charge is -2.21. The molecule has 0 radical (unpaired) electrons. The van der Waals surface area contributed by atoms with Gasteiger partial charge in [0.25, 0.3) is 0 Å². The smallest absolute Gasteiger partial charge is 0.462 e. The molecule has 530 valence electrons. The molecule has 0 heterocycles. The van der Waals surface area contributed by atoms with Gasteiger partial charge >= 0.3 is 39.5 Å². The molecule has 0 aromatic carbocycles. The van der Waals surface area contributed by atoms with Gasteiger partial charge in [0.05, 0.1) is 26.4 Å². The van der Waals surface area contributed by atoms with Crippen LogP contribution in [0.1, 0.15) is 337 Å². The van der Waals surface area contributed by atoms with Crippen molar-refractivity contribution in [1.29, 1.82) is 0 Å². The van der Waals surface area contributed by atoms with Gasteiger partial charge in [-0.1, -0.05) is 284 Å². The minimum Gasteiger partial charge on any atom is -0.462 e. The van der Waals surface area contributed by atoms with Gasteiger partial charge in [-0.05, 0) is 63.2 Å². The summed E-state index contributed by atoms with van der Waals surface area (Å²) in [7, 11) is -9.91. The van der Waals surface area contributed by atoms with E-state index in [1.165, 1.54) is 135 Å². The first kappa shape index (κ1) is 87.5. The molecule has 6 atom stereocenters. The van der Waals surface area contributed by atoms with Crippen LogP contribution < -0.4 is 0 Å². The molecular formula is C71H134O17P2. The molecule has 90 heavy (non-hydrogen) atoms. The van der Waals surface area contributed by atoms with Gasteiger partial charge in [-0.2, -0.15) is 0 Å². The van der Waals surface area contributed by atoms with Crippen LogP contribution in [0.3, 0.4) is 0 Å². The molecule has 3 unspecified atom stereocenters. The van der Waals surface area contributed by atoms with E-state index in [4.69, 9.17) is 37.0 Å². The van der Waals surface area contributed by atoms with Crippen LogP contribution in [-0.2, 0) is 65.4 Å². The Labute approximate surface area is 548 Å². The lowest BCUT2D eigenvalue weighted by molar-refractivity contribution is -0.161. The zero-order valence-corrected chi connectivity index (χ0v) is 59.7. The zero-order valence-electron chi connectivity index (χ0n) is 57.9. The van der Waals surface area contributed by atoms with Gasteiger partial charge in [0, 0.05) is 25.7 Å². The van der Waals surface area contributed by atoms with E-state index >= 15 is 0 Å². The SMILES string of the molecule is CCCCCC/C=C\C=C/CCCCCCCC(=O)O[C@H](COC(=O)CCCCCCCCCCCCC(C)CC)COP(=O)(O)OC[C@@H](O)COP(=O)(O)OC[C@@H](COC(=O)CCCCCCCCCC(C)C)OC(=O)CCCCCCCCCCCCC. The van der Waals surface area contributed by atoms with Crippen molar-refractivity contribution in [3.8, 4) is 0 Å². The van der Waals surface area contributed by atoms with E-state index in [-0.39, 0.29) is 25.7 Å². The van der Waals surface area contributed by atoms with E-state index in [0.29, 0.717) is 31.6 Å². The number of carbonyl (C=O) groups excluding carboxylic acids is 4. The van der Waals surface area contributed by atoms with Crippen LogP contribution >= 0.6 is 15.6 Å². The van der Waals surface area contributed by atoms with Crippen molar-refractivity contribution in [2.75, 3.05) is 39.6 Å². The average Bonchev–Trinajstić information content (AvgIpc) is 3.66. The first-order valence-corrected chi connectivity index (χ1v) is 39.3. The van der Waals surface area contributed by atoms with E-state index in [0.717, 1.165) is 115 Å². The van der Waals surface area contributed by atoms with Crippen molar-refractivity contribution in [2.45, 2.75) is 355 Å². The van der Waals surface area contributed by atoms with Crippen molar-refractivity contribution >= 4 is 39.5 Å². The van der Waals surface area contributed by atoms with Crippen molar-refractivity contribution in [3.63, 3.8) is 0 Å². The average molecular weight is 1320 g/mol. The molecule has 0 aliphatic rings. The van der Waals surface area contributed by atoms with Crippen molar-refractivity contribution in [1.82, 2.24) is 0 Å². The molecule has 0 fully saturated rings. The second kappa shape index (κ2) is 62.6. The van der Waals surface area contributed by atoms with E-state index in [2.05, 4.69) is 65.8 Å². The molecule has 0 aromatic heterocycles. The first-order chi connectivity index (χ1) is 43.4. The Balaban J connectivity index is 5.29. The van der Waals surface area contributed by atoms with Gasteiger partial charge in [0.1, 0.15) is 19.3 Å². The van der Waals surface area contributed by atoms with Gasteiger partial charge in [0.2, 0.25) is 0 Å². The molecule has 0 saturated carbocycles. The molecule has 0 saturated heterocycles. The molecule has 0 rings (SSSR count). The number of hydrogen-bond donors (Lipinski definition) is 3. The van der Waals surface area contributed by atoms with Crippen LogP contribution in [0.4, 0.5) is 0 Å². The monoisotopic (exact) mass is 1320 g/mol. The van der Waals surface area contributed by atoms with Gasteiger partial charge in [-0.3, -0.25) is 37.3 Å². The maximum absolute atomic E-state index is 13.0. The third-order valence-electron chi connectivity index (χ3n) is 16.2. The van der Waals surface area contributed by atoms with Crippen LogP contribution in [-0.4, -0.2) is 96.7 Å². The Morgan fingerprint density at radius 2 is 0.656 bits per heavy atom. The molecule has 0 aliphatic heterocycles. The summed E-state index contributed by atoms with van der Waals surface area (Å²) in [6.45, 7) is 9.45. The Morgan fingerprint density at radius 3 is 1.00 bits per heavy atom. The number of aliphatic hydroxyl groups is 1. The fraction of sp³-hybridized carbons (Fsp3) is 0.887. The molecule has 17 nitrogen and oxygen atoms in total. The third-order valence-corrected chi connectivity index (χ3v) is 18.1. The highest BCUT2D eigenvalue weighted by Gasteiger charge is 2.30. The molecule has 0 aromatic rings. The molecule has 0 bridgehead atoms. The molecule has 19 heteroatoms. The second-order valence-electron chi connectivity index (χ2n) is 25.7. The Bertz CT molecular complexity index is 1850. The first-order valence-electron chi connectivity index (χ1n) is 36.3. The highest BCUT2D eigenvalue weighted by atomic mass is 31.2. The van der Waals surface area contributed by atoms with Crippen LogP contribution in [0, 0.1) is 11.8 Å². The summed E-state index contributed by atoms with van der Waals surface area (Å²) in [4.78, 5) is 72.5. The maximum Gasteiger partial charge on any atom is 0.472 e. The Hall–Kier alpha value is -2.46. The van der Waals surface area contributed by atoms with Crippen molar-refractivity contribution in [2.24, 2.45) is 11.8 Å². The minimum absolute atomic E-state index is 0.0847. The summed E-state index contributed by atoms with van der Waals surface area (Å²) in [5.41, 5.74) is 0. The molecular weight excluding hydrogens is 1190 g/mol. The van der Waals surface area contributed by atoms with Gasteiger partial charge in [0.15, 0.2) is 12.2 Å². The number of phosphoric acid groups is 2. The number of phosphoric ester groups is 2. The number of rotatable bonds is 68.